The van der Waals surface area contributed by atoms with E-state index >= 15 is 0 Å². The van der Waals surface area contributed by atoms with Crippen molar-refractivity contribution in [3.8, 4) is 0 Å². The zero-order valence-corrected chi connectivity index (χ0v) is 49.5. The molecule has 0 saturated heterocycles. The molecule has 9 nitrogen and oxygen atoms in total. The summed E-state index contributed by atoms with van der Waals surface area (Å²) >= 11 is 0. The van der Waals surface area contributed by atoms with E-state index in [0.717, 1.165) is 77.0 Å². The Morgan fingerprint density at radius 2 is 0.770 bits per heavy atom. The average Bonchev–Trinajstić information content (AvgIpc) is 3.36. The summed E-state index contributed by atoms with van der Waals surface area (Å²) in [6.45, 7) is 4.32. The van der Waals surface area contributed by atoms with Crippen molar-refractivity contribution in [3.05, 3.63) is 85.1 Å². The number of hydrogen-bond acceptors (Lipinski definition) is 7. The first-order valence-corrected chi connectivity index (χ1v) is 31.8. The number of phosphoric ester groups is 1. The molecule has 0 aliphatic rings. The number of unbranched alkanes of at least 4 members (excludes halogenated alkanes) is 27. The number of carbonyl (C=O) groups excluding carboxylic acids is 2. The van der Waals surface area contributed by atoms with E-state index in [1.54, 1.807) is 0 Å². The van der Waals surface area contributed by atoms with Gasteiger partial charge in [0.05, 0.1) is 27.7 Å². The van der Waals surface area contributed by atoms with Crippen LogP contribution in [0.1, 0.15) is 258 Å². The smallest absolute Gasteiger partial charge is 0.462 e. The summed E-state index contributed by atoms with van der Waals surface area (Å²) in [7, 11) is 1.47. The van der Waals surface area contributed by atoms with Crippen LogP contribution in [-0.4, -0.2) is 74.9 Å². The fraction of sp³-hybridized carbons (Fsp3) is 0.750. The number of quaternary nitrogens is 1. The fourth-order valence-electron chi connectivity index (χ4n) is 8.25. The minimum atomic E-state index is -4.39. The van der Waals surface area contributed by atoms with Crippen LogP contribution in [0.2, 0.25) is 0 Å². The maximum absolute atomic E-state index is 12.8. The van der Waals surface area contributed by atoms with Crippen molar-refractivity contribution in [3.63, 3.8) is 0 Å². The minimum Gasteiger partial charge on any atom is -0.462 e. The molecular formula is C64H115NO8P+. The van der Waals surface area contributed by atoms with E-state index in [9.17, 15) is 19.0 Å². The van der Waals surface area contributed by atoms with Crippen LogP contribution in [0.15, 0.2) is 85.1 Å². The van der Waals surface area contributed by atoms with Gasteiger partial charge in [-0.3, -0.25) is 18.6 Å². The number of rotatable bonds is 55. The van der Waals surface area contributed by atoms with E-state index < -0.39 is 26.5 Å². The predicted molar refractivity (Wildman–Crippen MR) is 316 cm³/mol. The van der Waals surface area contributed by atoms with Gasteiger partial charge in [0, 0.05) is 12.8 Å². The van der Waals surface area contributed by atoms with Crippen LogP contribution < -0.4 is 0 Å². The van der Waals surface area contributed by atoms with Crippen LogP contribution in [0.4, 0.5) is 0 Å². The van der Waals surface area contributed by atoms with Crippen LogP contribution in [0, 0.1) is 0 Å². The second-order valence-electron chi connectivity index (χ2n) is 21.4. The van der Waals surface area contributed by atoms with Crippen molar-refractivity contribution in [1.29, 1.82) is 0 Å². The highest BCUT2D eigenvalue weighted by Crippen LogP contribution is 2.43. The molecule has 0 aromatic carbocycles. The lowest BCUT2D eigenvalue weighted by Crippen LogP contribution is -2.37. The Bertz CT molecular complexity index is 1520. The molecule has 0 aliphatic carbocycles. The number of nitrogens with zero attached hydrogens (tertiary/aromatic N) is 1. The van der Waals surface area contributed by atoms with Crippen molar-refractivity contribution >= 4 is 19.8 Å². The maximum Gasteiger partial charge on any atom is 0.472 e. The molecule has 0 radical (unpaired) electrons. The van der Waals surface area contributed by atoms with E-state index in [1.807, 2.05) is 21.1 Å². The molecule has 0 aromatic heterocycles. The van der Waals surface area contributed by atoms with Crippen molar-refractivity contribution in [1.82, 2.24) is 0 Å². The van der Waals surface area contributed by atoms with Crippen molar-refractivity contribution in [2.24, 2.45) is 0 Å². The molecule has 0 heterocycles. The third-order valence-corrected chi connectivity index (χ3v) is 13.9. The number of esters is 2. The molecule has 10 heteroatoms. The molecule has 428 valence electrons. The van der Waals surface area contributed by atoms with Gasteiger partial charge in [-0.25, -0.2) is 4.57 Å². The lowest BCUT2D eigenvalue weighted by Gasteiger charge is -2.24. The Labute approximate surface area is 456 Å². The molecule has 1 N–H and O–H groups in total. The summed E-state index contributed by atoms with van der Waals surface area (Å²) in [6.07, 6.45) is 73.6. The molecule has 2 unspecified atom stereocenters. The van der Waals surface area contributed by atoms with Crippen molar-refractivity contribution in [2.45, 2.75) is 264 Å². The molecule has 2 atom stereocenters. The van der Waals surface area contributed by atoms with Crippen molar-refractivity contribution < 1.29 is 42.1 Å². The predicted octanol–water partition coefficient (Wildman–Crippen LogP) is 19.0. The van der Waals surface area contributed by atoms with Gasteiger partial charge in [0.15, 0.2) is 6.10 Å². The number of hydrogen-bond donors (Lipinski definition) is 1. The first-order valence-electron chi connectivity index (χ1n) is 30.3. The van der Waals surface area contributed by atoms with Crippen LogP contribution >= 0.6 is 7.82 Å². The average molecular weight is 1060 g/mol. The summed E-state index contributed by atoms with van der Waals surface area (Å²) in [5.74, 6) is -0.801. The summed E-state index contributed by atoms with van der Waals surface area (Å²) < 4.78 is 34.6. The van der Waals surface area contributed by atoms with E-state index in [2.05, 4.69) is 98.9 Å². The van der Waals surface area contributed by atoms with Gasteiger partial charge in [-0.2, -0.15) is 0 Å². The minimum absolute atomic E-state index is 0.0280. The molecule has 0 spiro atoms. The van der Waals surface area contributed by atoms with Gasteiger partial charge >= 0.3 is 19.8 Å². The van der Waals surface area contributed by atoms with Crippen LogP contribution in [0.5, 0.6) is 0 Å². The third-order valence-electron chi connectivity index (χ3n) is 12.9. The first kappa shape index (κ1) is 71.2. The van der Waals surface area contributed by atoms with Crippen LogP contribution in [0.3, 0.4) is 0 Å². The maximum atomic E-state index is 12.8. The summed E-state index contributed by atoms with van der Waals surface area (Å²) in [6, 6.07) is 0. The monoisotopic (exact) mass is 1060 g/mol. The topological polar surface area (TPSA) is 108 Å². The zero-order chi connectivity index (χ0) is 54.2. The molecule has 0 rings (SSSR count). The molecule has 0 aromatic rings. The second-order valence-corrected chi connectivity index (χ2v) is 22.8. The molecule has 0 aliphatic heterocycles. The number of carbonyl (C=O) groups is 2. The Balaban J connectivity index is 4.14. The fourth-order valence-corrected chi connectivity index (χ4v) is 8.99. The van der Waals surface area contributed by atoms with Gasteiger partial charge in [0.1, 0.15) is 19.8 Å². The number of allylic oxidation sites excluding steroid dienone is 14. The van der Waals surface area contributed by atoms with Crippen LogP contribution in [-0.2, 0) is 32.7 Å². The molecule has 74 heavy (non-hydrogen) atoms. The largest absolute Gasteiger partial charge is 0.472 e. The Morgan fingerprint density at radius 1 is 0.432 bits per heavy atom. The highest BCUT2D eigenvalue weighted by Gasteiger charge is 2.27. The van der Waals surface area contributed by atoms with E-state index in [4.69, 9.17) is 18.5 Å². The molecule has 0 saturated carbocycles. The first-order chi connectivity index (χ1) is 36.0. The van der Waals surface area contributed by atoms with Gasteiger partial charge < -0.3 is 18.9 Å². The Morgan fingerprint density at radius 3 is 1.15 bits per heavy atom. The SMILES string of the molecule is CC/C=C\C/C=C\C/C=C\C/C=C\C/C=C\CCCCCCCCCCCCCCCC(=O)OC(COC(=O)CCCCCCCCCCC/C=C\C/C=C\CCCCCCC)COP(=O)(O)OCC[N+](C)(C)C. The van der Waals surface area contributed by atoms with E-state index in [-0.39, 0.29) is 32.0 Å². The molecule has 0 fully saturated rings. The Kier molecular flexibility index (Phi) is 52.9. The third kappa shape index (κ3) is 58.5. The number of likely N-dealkylation sites (N-methyl/N-ethyl adjacent to an activating group) is 1. The number of phosphoric acid groups is 1. The highest BCUT2D eigenvalue weighted by atomic mass is 31.2. The Hall–Kier alpha value is -2.81. The second kappa shape index (κ2) is 55.0. The molecular weight excluding hydrogens is 942 g/mol. The summed E-state index contributed by atoms with van der Waals surface area (Å²) in [5.41, 5.74) is 0. The van der Waals surface area contributed by atoms with Gasteiger partial charge in [0.2, 0.25) is 0 Å². The lowest BCUT2D eigenvalue weighted by molar-refractivity contribution is -0.870. The zero-order valence-electron chi connectivity index (χ0n) is 48.6. The van der Waals surface area contributed by atoms with Crippen molar-refractivity contribution in [2.75, 3.05) is 47.5 Å². The van der Waals surface area contributed by atoms with Gasteiger partial charge in [0.25, 0.3) is 0 Å². The molecule has 0 bridgehead atoms. The van der Waals surface area contributed by atoms with Gasteiger partial charge in [-0.05, 0) is 89.9 Å². The van der Waals surface area contributed by atoms with E-state index in [0.29, 0.717) is 17.4 Å². The van der Waals surface area contributed by atoms with E-state index in [1.165, 1.54) is 148 Å². The van der Waals surface area contributed by atoms with Gasteiger partial charge in [-0.1, -0.05) is 240 Å². The van der Waals surface area contributed by atoms with Gasteiger partial charge in [-0.15, -0.1) is 0 Å². The standard InChI is InChI=1S/C64H114NO8P/c1-6-8-10-12-14-16-18-20-22-24-26-28-29-30-31-32-33-34-35-37-39-41-43-45-47-49-51-53-55-57-64(67)73-62(61-72-74(68,69)71-59-58-65(3,4)5)60-70-63(66)56-54-52-50-48-46-44-42-40-38-36-27-25-23-21-19-17-15-13-11-9-7-2/h8,10,14,16,19-22,25-28,30-31,62H,6-7,9,11-13,15,17-18,23-24,29,32-61H2,1-5H3/p+1/b10-8-,16-14-,21-19-,22-20-,27-25-,28-26-,31-30-. The normalized spacial score (nSPS) is 13.9. The quantitative estimate of drug-likeness (QED) is 0.0211. The molecule has 0 amide bonds. The highest BCUT2D eigenvalue weighted by molar-refractivity contribution is 7.47. The lowest BCUT2D eigenvalue weighted by atomic mass is 10.0. The number of ether oxygens (including phenoxy) is 2. The summed E-state index contributed by atoms with van der Waals surface area (Å²) in [4.78, 5) is 35.7. The summed E-state index contributed by atoms with van der Waals surface area (Å²) in [5, 5.41) is 0. The van der Waals surface area contributed by atoms with Crippen LogP contribution in [0.25, 0.3) is 0 Å².